The first kappa shape index (κ1) is 26.7. The fourth-order valence-corrected chi connectivity index (χ4v) is 7.97. The van der Waals surface area contributed by atoms with Gasteiger partial charge in [-0.25, -0.2) is 0 Å². The molecule has 0 spiro atoms. The number of H-pyrrole nitrogens is 1. The topological polar surface area (TPSA) is 118 Å². The molecule has 7 rings (SSSR count). The van der Waals surface area contributed by atoms with Crippen LogP contribution < -0.4 is 5.32 Å². The number of rotatable bonds is 4. The van der Waals surface area contributed by atoms with Crippen LogP contribution in [0.3, 0.4) is 0 Å². The first-order valence-electron chi connectivity index (χ1n) is 14.9. The van der Waals surface area contributed by atoms with Gasteiger partial charge in [0, 0.05) is 42.1 Å². The molecule has 0 saturated carbocycles. The molecule has 0 bridgehead atoms. The molecule has 2 aromatic rings. The van der Waals surface area contributed by atoms with E-state index >= 15 is 0 Å². The number of nitrogens with one attached hydrogen (secondary N) is 2. The Bertz CT molecular complexity index is 1500. The minimum Gasteiger partial charge on any atom is -0.361 e. The maximum absolute atomic E-state index is 14.3. The Morgan fingerprint density at radius 2 is 2.00 bits per heavy atom. The van der Waals surface area contributed by atoms with E-state index in [0.717, 1.165) is 23.1 Å². The summed E-state index contributed by atoms with van der Waals surface area (Å²) in [5.74, 6) is -4.36. The number of hydrogen-bond acceptors (Lipinski definition) is 6. The average Bonchev–Trinajstić information content (AvgIpc) is 3.64. The zero-order valence-corrected chi connectivity index (χ0v) is 24.3. The number of ether oxygens (including phenoxy) is 1. The van der Waals surface area contributed by atoms with Crippen LogP contribution in [-0.4, -0.2) is 92.4 Å². The zero-order chi connectivity index (χ0) is 29.0. The van der Waals surface area contributed by atoms with Crippen molar-refractivity contribution >= 4 is 34.2 Å². The second kappa shape index (κ2) is 8.89. The highest BCUT2D eigenvalue weighted by Gasteiger charge is 2.72. The molecule has 1 unspecified atom stereocenters. The van der Waals surface area contributed by atoms with E-state index in [1.165, 1.54) is 15.8 Å². The second-order valence-corrected chi connectivity index (χ2v) is 13.1. The number of benzene rings is 1. The highest BCUT2D eigenvalue weighted by atomic mass is 16.7. The molecule has 41 heavy (non-hydrogen) atoms. The van der Waals surface area contributed by atoms with Gasteiger partial charge in [-0.1, -0.05) is 45.9 Å². The molecular formula is C31H39N5O5. The SMILES string of the molecule is CC(C)C1C(=O)N2CCC[C@H]2[C@]2(O)O[C@](NC(=O)[C@@H]3C=C4c5cccc6[nH]cc(c56)C[C@H]4N(C)C3)(C(C)C)C(=O)N12. The Hall–Kier alpha value is -3.21. The standard InChI is InChI=1S/C31H39N5O5/c1-16(2)26-28(38)35-11-7-10-24(35)31(40)36(26)29(39)30(41-31,17(3)4)33-27(37)19-12-21-20-8-6-9-22-25(20)18(14-32-22)13-23(21)34(5)15-19/h6,8-9,12,14,16-17,19,23-24,26,32,40H,7,10-11,13,15H2,1-5H3,(H,33,37)/t19-,23-,24+,26?,30-,31+/m1/s1. The minimum atomic E-state index is -2.01. The molecule has 5 aliphatic rings. The minimum absolute atomic E-state index is 0.150. The molecule has 3 N–H and O–H groups in total. The van der Waals surface area contributed by atoms with E-state index in [9.17, 15) is 19.5 Å². The molecule has 6 atom stereocenters. The van der Waals surface area contributed by atoms with Gasteiger partial charge in [-0.15, -0.1) is 0 Å². The molecule has 4 aliphatic heterocycles. The Morgan fingerprint density at radius 3 is 2.73 bits per heavy atom. The Labute approximate surface area is 239 Å². The van der Waals surface area contributed by atoms with E-state index in [4.69, 9.17) is 4.74 Å². The summed E-state index contributed by atoms with van der Waals surface area (Å²) in [5.41, 5.74) is 2.78. The van der Waals surface area contributed by atoms with Crippen LogP contribution in [0.4, 0.5) is 0 Å². The number of aromatic amines is 1. The van der Waals surface area contributed by atoms with Gasteiger partial charge in [0.15, 0.2) is 0 Å². The lowest BCUT2D eigenvalue weighted by Crippen LogP contribution is -2.72. The van der Waals surface area contributed by atoms with E-state index in [1.807, 2.05) is 33.0 Å². The van der Waals surface area contributed by atoms with Crippen LogP contribution in [0, 0.1) is 17.8 Å². The van der Waals surface area contributed by atoms with E-state index in [0.29, 0.717) is 25.9 Å². The number of carbonyl (C=O) groups is 3. The lowest BCUT2D eigenvalue weighted by atomic mass is 9.79. The summed E-state index contributed by atoms with van der Waals surface area (Å²) < 4.78 is 6.40. The molecule has 3 fully saturated rings. The second-order valence-electron chi connectivity index (χ2n) is 13.1. The average molecular weight is 562 g/mol. The highest BCUT2D eigenvalue weighted by Crippen LogP contribution is 2.49. The van der Waals surface area contributed by atoms with Crippen LogP contribution in [-0.2, 0) is 25.5 Å². The number of piperazine rings is 1. The first-order valence-corrected chi connectivity index (χ1v) is 14.9. The third kappa shape index (κ3) is 3.50. The molecule has 1 aromatic carbocycles. The molecule has 0 radical (unpaired) electrons. The smallest absolute Gasteiger partial charge is 0.281 e. The van der Waals surface area contributed by atoms with Crippen LogP contribution in [0.25, 0.3) is 16.5 Å². The number of hydrogen-bond donors (Lipinski definition) is 3. The number of aliphatic hydroxyl groups is 1. The molecule has 10 heteroatoms. The van der Waals surface area contributed by atoms with E-state index in [1.54, 1.807) is 18.7 Å². The summed E-state index contributed by atoms with van der Waals surface area (Å²) >= 11 is 0. The predicted molar refractivity (Wildman–Crippen MR) is 152 cm³/mol. The molecule has 218 valence electrons. The van der Waals surface area contributed by atoms with Gasteiger partial charge < -0.3 is 20.3 Å². The lowest BCUT2D eigenvalue weighted by Gasteiger charge is -2.49. The van der Waals surface area contributed by atoms with Crippen LogP contribution in [0.2, 0.25) is 0 Å². The van der Waals surface area contributed by atoms with Gasteiger partial charge in [-0.2, -0.15) is 0 Å². The van der Waals surface area contributed by atoms with E-state index in [-0.39, 0.29) is 23.8 Å². The molecule has 10 nitrogen and oxygen atoms in total. The van der Waals surface area contributed by atoms with Gasteiger partial charge in [0.1, 0.15) is 12.1 Å². The van der Waals surface area contributed by atoms with Crippen molar-refractivity contribution in [2.24, 2.45) is 17.8 Å². The fraction of sp³-hybridized carbons (Fsp3) is 0.581. The van der Waals surface area contributed by atoms with Crippen LogP contribution in [0.1, 0.15) is 51.7 Å². The summed E-state index contributed by atoms with van der Waals surface area (Å²) in [6.45, 7) is 8.32. The van der Waals surface area contributed by atoms with E-state index in [2.05, 4.69) is 33.5 Å². The number of carbonyl (C=O) groups excluding carboxylic acids is 3. The van der Waals surface area contributed by atoms with Crippen molar-refractivity contribution in [3.05, 3.63) is 41.6 Å². The van der Waals surface area contributed by atoms with Crippen molar-refractivity contribution in [1.82, 2.24) is 25.0 Å². The first-order chi connectivity index (χ1) is 19.5. The van der Waals surface area contributed by atoms with Crippen LogP contribution >= 0.6 is 0 Å². The van der Waals surface area contributed by atoms with Gasteiger partial charge in [-0.3, -0.25) is 28.9 Å². The summed E-state index contributed by atoms with van der Waals surface area (Å²) in [4.78, 5) is 50.4. The molecular weight excluding hydrogens is 522 g/mol. The summed E-state index contributed by atoms with van der Waals surface area (Å²) in [6.07, 6.45) is 6.21. The molecule has 3 amide bonds. The maximum Gasteiger partial charge on any atom is 0.281 e. The van der Waals surface area contributed by atoms with Crippen LogP contribution in [0.15, 0.2) is 30.5 Å². The van der Waals surface area contributed by atoms with Crippen molar-refractivity contribution < 1.29 is 24.2 Å². The number of nitrogens with zero attached hydrogens (tertiary/aromatic N) is 3. The predicted octanol–water partition coefficient (Wildman–Crippen LogP) is 2.04. The van der Waals surface area contributed by atoms with Crippen molar-refractivity contribution in [1.29, 1.82) is 0 Å². The Morgan fingerprint density at radius 1 is 1.22 bits per heavy atom. The largest absolute Gasteiger partial charge is 0.361 e. The summed E-state index contributed by atoms with van der Waals surface area (Å²) in [7, 11) is 2.03. The fourth-order valence-electron chi connectivity index (χ4n) is 7.97. The summed E-state index contributed by atoms with van der Waals surface area (Å²) in [6, 6.07) is 4.80. The third-order valence-electron chi connectivity index (χ3n) is 10.1. The van der Waals surface area contributed by atoms with Gasteiger partial charge in [0.2, 0.25) is 17.5 Å². The molecule has 3 saturated heterocycles. The highest BCUT2D eigenvalue weighted by molar-refractivity contribution is 6.01. The third-order valence-corrected chi connectivity index (χ3v) is 10.1. The normalized spacial score (nSPS) is 34.8. The number of likely N-dealkylation sites (N-methyl/N-ethyl adjacent to an activating group) is 1. The monoisotopic (exact) mass is 561 g/mol. The van der Waals surface area contributed by atoms with E-state index < -0.39 is 41.5 Å². The number of fused-ring (bicyclic) bond motifs is 5. The van der Waals surface area contributed by atoms with Gasteiger partial charge in [0.25, 0.3) is 11.8 Å². The van der Waals surface area contributed by atoms with Gasteiger partial charge in [-0.05, 0) is 55.0 Å². The number of aromatic nitrogens is 1. The van der Waals surface area contributed by atoms with Crippen molar-refractivity contribution in [3.8, 4) is 0 Å². The van der Waals surface area contributed by atoms with Gasteiger partial charge >= 0.3 is 0 Å². The molecule has 1 aliphatic carbocycles. The quantitative estimate of drug-likeness (QED) is 0.526. The number of amides is 3. The van der Waals surface area contributed by atoms with Crippen LogP contribution in [0.5, 0.6) is 0 Å². The van der Waals surface area contributed by atoms with Crippen molar-refractivity contribution in [3.63, 3.8) is 0 Å². The summed E-state index contributed by atoms with van der Waals surface area (Å²) in [5, 5.41) is 16.2. The van der Waals surface area contributed by atoms with Crippen molar-refractivity contribution in [2.45, 2.75) is 76.7 Å². The lowest BCUT2D eigenvalue weighted by molar-refractivity contribution is -0.323. The maximum atomic E-state index is 14.3. The Kier molecular flexibility index (Phi) is 5.79. The van der Waals surface area contributed by atoms with Gasteiger partial charge in [0.05, 0.1) is 5.92 Å². The van der Waals surface area contributed by atoms with Crippen molar-refractivity contribution in [2.75, 3.05) is 20.1 Å². The Balaban J connectivity index is 1.25. The molecule has 1 aromatic heterocycles. The molecule has 5 heterocycles. The zero-order valence-electron chi connectivity index (χ0n) is 24.3.